The van der Waals surface area contributed by atoms with E-state index in [9.17, 15) is 26.7 Å². The predicted molar refractivity (Wildman–Crippen MR) is 132 cm³/mol. The standard InChI is InChI=1S/C25H25F5N4O2S/c1-12-8-33(9-13(2)31-12)23-17-7-18(25(28,29)30)20(16-5-4-14(26)6-19(16)27)22-21(17)34(24(35)32-23)10-15(36-3)11-37-22/h4-7,12-13,15,31H,8-11H2,1-3H3/t12-,13+,15-/m0/s1. The highest BCUT2D eigenvalue weighted by atomic mass is 32.2. The van der Waals surface area contributed by atoms with Crippen molar-refractivity contribution in [3.63, 3.8) is 0 Å². The largest absolute Gasteiger partial charge is 0.417 e. The first-order chi connectivity index (χ1) is 17.5. The number of nitrogens with zero attached hydrogens (tertiary/aromatic N) is 3. The minimum atomic E-state index is -4.86. The topological polar surface area (TPSA) is 59.4 Å². The number of piperazine rings is 1. The number of alkyl halides is 3. The summed E-state index contributed by atoms with van der Waals surface area (Å²) >= 11 is 1.06. The number of aromatic nitrogens is 2. The molecule has 198 valence electrons. The summed E-state index contributed by atoms with van der Waals surface area (Å²) in [5, 5.41) is 3.51. The van der Waals surface area contributed by atoms with Crippen LogP contribution in [0.4, 0.5) is 27.8 Å². The fourth-order valence-corrected chi connectivity index (χ4v) is 6.52. The monoisotopic (exact) mass is 540 g/mol. The second kappa shape index (κ2) is 9.55. The van der Waals surface area contributed by atoms with Gasteiger partial charge in [-0.05, 0) is 32.0 Å². The summed E-state index contributed by atoms with van der Waals surface area (Å²) in [5.74, 6) is -1.65. The molecule has 37 heavy (non-hydrogen) atoms. The zero-order valence-corrected chi connectivity index (χ0v) is 21.1. The molecular formula is C25H25F5N4O2S. The molecule has 2 aliphatic rings. The Bertz CT molecular complexity index is 1420. The van der Waals surface area contributed by atoms with Gasteiger partial charge in [0, 0.05) is 65.5 Å². The van der Waals surface area contributed by atoms with Gasteiger partial charge in [-0.2, -0.15) is 18.2 Å². The van der Waals surface area contributed by atoms with Crippen LogP contribution in [-0.2, 0) is 17.5 Å². The number of benzene rings is 2. The second-order valence-corrected chi connectivity index (χ2v) is 10.5. The summed E-state index contributed by atoms with van der Waals surface area (Å²) < 4.78 is 79.2. The third-order valence-corrected chi connectivity index (χ3v) is 7.92. The van der Waals surface area contributed by atoms with Crippen LogP contribution in [0.25, 0.3) is 22.0 Å². The Labute approximate surface area is 213 Å². The van der Waals surface area contributed by atoms with Crippen LogP contribution in [0.5, 0.6) is 0 Å². The summed E-state index contributed by atoms with van der Waals surface area (Å²) in [6.45, 7) is 4.84. The van der Waals surface area contributed by atoms with Crippen LogP contribution < -0.4 is 15.9 Å². The van der Waals surface area contributed by atoms with Gasteiger partial charge in [-0.25, -0.2) is 13.6 Å². The van der Waals surface area contributed by atoms with Crippen molar-refractivity contribution < 1.29 is 26.7 Å². The van der Waals surface area contributed by atoms with Crippen molar-refractivity contribution in [1.29, 1.82) is 0 Å². The first kappa shape index (κ1) is 25.9. The van der Waals surface area contributed by atoms with Crippen LogP contribution in [0, 0.1) is 11.6 Å². The number of thioether (sulfide) groups is 1. The van der Waals surface area contributed by atoms with Gasteiger partial charge in [-0.15, -0.1) is 11.8 Å². The van der Waals surface area contributed by atoms with Crippen molar-refractivity contribution >= 4 is 28.5 Å². The van der Waals surface area contributed by atoms with Gasteiger partial charge in [-0.1, -0.05) is 0 Å². The summed E-state index contributed by atoms with van der Waals surface area (Å²) in [7, 11) is 1.45. The molecule has 1 N–H and O–H groups in total. The second-order valence-electron chi connectivity index (χ2n) is 9.52. The molecule has 2 aliphatic heterocycles. The van der Waals surface area contributed by atoms with Gasteiger partial charge in [0.05, 0.1) is 23.7 Å². The van der Waals surface area contributed by atoms with E-state index in [2.05, 4.69) is 10.3 Å². The third kappa shape index (κ3) is 4.70. The summed E-state index contributed by atoms with van der Waals surface area (Å²) in [6, 6.07) is 3.45. The quantitative estimate of drug-likeness (QED) is 0.488. The van der Waals surface area contributed by atoms with E-state index >= 15 is 0 Å². The average molecular weight is 541 g/mol. The molecule has 0 bridgehead atoms. The number of methoxy groups -OCH3 is 1. The van der Waals surface area contributed by atoms with Crippen molar-refractivity contribution in [3.05, 3.63) is 51.9 Å². The highest BCUT2D eigenvalue weighted by Crippen LogP contribution is 2.48. The highest BCUT2D eigenvalue weighted by Gasteiger charge is 2.39. The molecule has 0 unspecified atom stereocenters. The Hall–Kier alpha value is -2.70. The van der Waals surface area contributed by atoms with Crippen LogP contribution in [0.3, 0.4) is 0 Å². The number of anilines is 1. The number of ether oxygens (including phenoxy) is 1. The molecule has 3 atom stereocenters. The maximum absolute atomic E-state index is 15.0. The van der Waals surface area contributed by atoms with Crippen LogP contribution >= 0.6 is 11.8 Å². The van der Waals surface area contributed by atoms with Crippen molar-refractivity contribution in [2.45, 2.75) is 49.7 Å². The van der Waals surface area contributed by atoms with Crippen LogP contribution in [0.15, 0.2) is 34.0 Å². The van der Waals surface area contributed by atoms with Crippen LogP contribution in [0.2, 0.25) is 0 Å². The van der Waals surface area contributed by atoms with Gasteiger partial charge in [0.25, 0.3) is 0 Å². The third-order valence-electron chi connectivity index (χ3n) is 6.69. The minimum Gasteiger partial charge on any atom is -0.379 e. The lowest BCUT2D eigenvalue weighted by atomic mass is 9.95. The zero-order valence-electron chi connectivity index (χ0n) is 20.3. The first-order valence-corrected chi connectivity index (χ1v) is 12.8. The van der Waals surface area contributed by atoms with Crippen molar-refractivity contribution in [2.24, 2.45) is 0 Å². The SMILES string of the molecule is CO[C@@H]1CSc2c(-c3ccc(F)cc3F)c(C(F)(F)F)cc3c(N4C[C@@H](C)N[C@@H](C)C4)nc(=O)n(c23)C1. The number of halogens is 5. The van der Waals surface area contributed by atoms with E-state index in [-0.39, 0.29) is 46.0 Å². The maximum Gasteiger partial charge on any atom is 0.417 e. The Kier molecular flexibility index (Phi) is 6.70. The Morgan fingerprint density at radius 3 is 2.43 bits per heavy atom. The van der Waals surface area contributed by atoms with Gasteiger partial charge >= 0.3 is 11.9 Å². The van der Waals surface area contributed by atoms with Gasteiger partial charge in [0.15, 0.2) is 0 Å². The van der Waals surface area contributed by atoms with Crippen LogP contribution in [0.1, 0.15) is 19.4 Å². The summed E-state index contributed by atoms with van der Waals surface area (Å²) in [5.41, 5.74) is -2.28. The van der Waals surface area contributed by atoms with Gasteiger partial charge < -0.3 is 15.0 Å². The molecule has 5 rings (SSSR count). The van der Waals surface area contributed by atoms with Crippen LogP contribution in [-0.4, -0.2) is 53.7 Å². The molecular weight excluding hydrogens is 515 g/mol. The van der Waals surface area contributed by atoms with E-state index in [1.807, 2.05) is 18.7 Å². The average Bonchev–Trinajstić information content (AvgIpc) is 3.01. The lowest BCUT2D eigenvalue weighted by Crippen LogP contribution is -2.55. The fourth-order valence-electron chi connectivity index (χ4n) is 5.20. The molecule has 12 heteroatoms. The summed E-state index contributed by atoms with van der Waals surface area (Å²) in [6.07, 6.45) is -5.36. The smallest absolute Gasteiger partial charge is 0.379 e. The van der Waals surface area contributed by atoms with E-state index in [4.69, 9.17) is 4.74 Å². The number of nitrogens with one attached hydrogen (secondary N) is 1. The van der Waals surface area contributed by atoms with Crippen molar-refractivity contribution in [2.75, 3.05) is 30.9 Å². The van der Waals surface area contributed by atoms with Gasteiger partial charge in [0.2, 0.25) is 0 Å². The maximum atomic E-state index is 15.0. The lowest BCUT2D eigenvalue weighted by molar-refractivity contribution is -0.137. The number of hydrogen-bond acceptors (Lipinski definition) is 6. The van der Waals surface area contributed by atoms with Gasteiger partial charge in [-0.3, -0.25) is 4.57 Å². The zero-order chi connectivity index (χ0) is 26.6. The molecule has 6 nitrogen and oxygen atoms in total. The first-order valence-electron chi connectivity index (χ1n) is 11.8. The highest BCUT2D eigenvalue weighted by molar-refractivity contribution is 7.99. The lowest BCUT2D eigenvalue weighted by Gasteiger charge is -2.37. The normalized spacial score (nSPS) is 22.4. The molecule has 2 aromatic carbocycles. The van der Waals surface area contributed by atoms with E-state index in [1.54, 1.807) is 0 Å². The molecule has 1 fully saturated rings. The summed E-state index contributed by atoms with van der Waals surface area (Å²) in [4.78, 5) is 19.5. The predicted octanol–water partition coefficient (Wildman–Crippen LogP) is 4.67. The molecule has 0 spiro atoms. The molecule has 1 aromatic heterocycles. The Morgan fingerprint density at radius 1 is 1.11 bits per heavy atom. The van der Waals surface area contributed by atoms with Gasteiger partial charge in [0.1, 0.15) is 17.5 Å². The number of hydrogen-bond donors (Lipinski definition) is 1. The van der Waals surface area contributed by atoms with Crippen molar-refractivity contribution in [3.8, 4) is 11.1 Å². The minimum absolute atomic E-state index is 0.0140. The molecule has 0 saturated carbocycles. The fraction of sp³-hybridized carbons (Fsp3) is 0.440. The molecule has 1 saturated heterocycles. The number of rotatable bonds is 3. The molecule has 3 heterocycles. The van der Waals surface area contributed by atoms with Crippen molar-refractivity contribution in [1.82, 2.24) is 14.9 Å². The van der Waals surface area contributed by atoms with E-state index in [1.165, 1.54) is 11.7 Å². The molecule has 0 aliphatic carbocycles. The van der Waals surface area contributed by atoms with E-state index < -0.39 is 46.3 Å². The Balaban J connectivity index is 1.91. The Morgan fingerprint density at radius 2 is 1.81 bits per heavy atom. The molecule has 0 amide bonds. The molecule has 0 radical (unpaired) electrons. The molecule has 3 aromatic rings. The van der Waals surface area contributed by atoms with E-state index in [0.717, 1.165) is 30.0 Å². The van der Waals surface area contributed by atoms with E-state index in [0.29, 0.717) is 19.2 Å².